The molecule has 4 nitrogen and oxygen atoms in total. The summed E-state index contributed by atoms with van der Waals surface area (Å²) in [6.45, 7) is 5.49. The van der Waals surface area contributed by atoms with Gasteiger partial charge in [-0.05, 0) is 26.0 Å². The number of hydrogen-bond acceptors (Lipinski definition) is 3. The van der Waals surface area contributed by atoms with E-state index >= 15 is 0 Å². The van der Waals surface area contributed by atoms with Crippen LogP contribution in [0.3, 0.4) is 0 Å². The summed E-state index contributed by atoms with van der Waals surface area (Å²) in [4.78, 5) is 17.4. The fraction of sp³-hybridized carbons (Fsp3) is 0.455. The van der Waals surface area contributed by atoms with Crippen molar-refractivity contribution < 1.29 is 4.79 Å². The van der Waals surface area contributed by atoms with E-state index in [9.17, 15) is 4.79 Å². The topological polar surface area (TPSA) is 45.2 Å². The summed E-state index contributed by atoms with van der Waals surface area (Å²) in [7, 11) is 1.77. The molecule has 0 aromatic carbocycles. The van der Waals surface area contributed by atoms with Crippen LogP contribution in [0.25, 0.3) is 0 Å². The molecule has 4 heteroatoms. The number of carbonyl (C=O) groups is 1. The van der Waals surface area contributed by atoms with Crippen LogP contribution < -0.4 is 5.32 Å². The predicted molar refractivity (Wildman–Crippen MR) is 61.0 cm³/mol. The number of carbonyl (C=O) groups excluding carboxylic acids is 1. The normalized spacial score (nSPS) is 9.80. The van der Waals surface area contributed by atoms with Gasteiger partial charge in [-0.15, -0.1) is 0 Å². The first-order valence-electron chi connectivity index (χ1n) is 5.14. The zero-order chi connectivity index (χ0) is 11.3. The van der Waals surface area contributed by atoms with Gasteiger partial charge in [0, 0.05) is 20.1 Å². The molecule has 0 fully saturated rings. The highest BCUT2D eigenvalue weighted by Gasteiger charge is 2.10. The second-order valence-electron chi connectivity index (χ2n) is 3.28. The molecule has 0 saturated heterocycles. The molecule has 0 aliphatic heterocycles. The first-order valence-corrected chi connectivity index (χ1v) is 5.14. The van der Waals surface area contributed by atoms with Gasteiger partial charge in [0.25, 0.3) is 5.91 Å². The molecular weight excluding hydrogens is 190 g/mol. The molecule has 0 bridgehead atoms. The molecule has 1 amide bonds. The molecule has 0 saturated carbocycles. The summed E-state index contributed by atoms with van der Waals surface area (Å²) in [6, 6.07) is 3.61. The summed E-state index contributed by atoms with van der Waals surface area (Å²) in [5, 5.41) is 3.13. The standard InChI is InChI=1S/C11H17N3O/c1-4-12-9-6-7-10(13-8-9)11(15)14(3)5-2/h6-8,12H,4-5H2,1-3H3. The van der Waals surface area contributed by atoms with E-state index in [1.807, 2.05) is 19.9 Å². The highest BCUT2D eigenvalue weighted by molar-refractivity contribution is 5.92. The van der Waals surface area contributed by atoms with Gasteiger partial charge in [-0.25, -0.2) is 4.98 Å². The zero-order valence-corrected chi connectivity index (χ0v) is 9.45. The lowest BCUT2D eigenvalue weighted by Crippen LogP contribution is -2.26. The predicted octanol–water partition coefficient (Wildman–Crippen LogP) is 1.61. The number of aromatic nitrogens is 1. The van der Waals surface area contributed by atoms with Gasteiger partial charge in [-0.2, -0.15) is 0 Å². The van der Waals surface area contributed by atoms with Crippen molar-refractivity contribution in [3.63, 3.8) is 0 Å². The first kappa shape index (κ1) is 11.5. The van der Waals surface area contributed by atoms with Crippen molar-refractivity contribution in [3.8, 4) is 0 Å². The average molecular weight is 207 g/mol. The fourth-order valence-electron chi connectivity index (χ4n) is 1.17. The van der Waals surface area contributed by atoms with Gasteiger partial charge in [0.1, 0.15) is 5.69 Å². The minimum atomic E-state index is -0.0412. The number of pyridine rings is 1. The summed E-state index contributed by atoms with van der Waals surface area (Å²) >= 11 is 0. The molecule has 0 spiro atoms. The maximum atomic E-state index is 11.7. The third kappa shape index (κ3) is 2.94. The van der Waals surface area contributed by atoms with Gasteiger partial charge < -0.3 is 10.2 Å². The van der Waals surface area contributed by atoms with Crippen molar-refractivity contribution >= 4 is 11.6 Å². The van der Waals surface area contributed by atoms with Crippen LogP contribution in [0.2, 0.25) is 0 Å². The van der Waals surface area contributed by atoms with E-state index in [0.29, 0.717) is 12.2 Å². The number of nitrogens with zero attached hydrogens (tertiary/aromatic N) is 2. The molecule has 1 N–H and O–H groups in total. The van der Waals surface area contributed by atoms with E-state index in [2.05, 4.69) is 10.3 Å². The van der Waals surface area contributed by atoms with Crippen molar-refractivity contribution in [3.05, 3.63) is 24.0 Å². The lowest BCUT2D eigenvalue weighted by molar-refractivity contribution is 0.0797. The summed E-state index contributed by atoms with van der Waals surface area (Å²) < 4.78 is 0. The molecule has 0 unspecified atom stereocenters. The molecule has 15 heavy (non-hydrogen) atoms. The Kier molecular flexibility index (Phi) is 4.09. The monoisotopic (exact) mass is 207 g/mol. The lowest BCUT2D eigenvalue weighted by Gasteiger charge is -2.13. The Morgan fingerprint density at radius 1 is 1.47 bits per heavy atom. The Morgan fingerprint density at radius 3 is 2.67 bits per heavy atom. The summed E-state index contributed by atoms with van der Waals surface area (Å²) in [6.07, 6.45) is 1.68. The van der Waals surface area contributed by atoms with Crippen LogP contribution in [-0.2, 0) is 0 Å². The van der Waals surface area contributed by atoms with Crippen LogP contribution in [-0.4, -0.2) is 35.9 Å². The Bertz CT molecular complexity index is 321. The largest absolute Gasteiger partial charge is 0.384 e. The molecule has 0 radical (unpaired) electrons. The Hall–Kier alpha value is -1.58. The van der Waals surface area contributed by atoms with Gasteiger partial charge in [-0.1, -0.05) is 0 Å². The van der Waals surface area contributed by atoms with E-state index in [-0.39, 0.29) is 5.91 Å². The lowest BCUT2D eigenvalue weighted by atomic mass is 10.3. The van der Waals surface area contributed by atoms with Crippen LogP contribution in [0.5, 0.6) is 0 Å². The fourth-order valence-corrected chi connectivity index (χ4v) is 1.17. The third-order valence-corrected chi connectivity index (χ3v) is 2.18. The van der Waals surface area contributed by atoms with Crippen LogP contribution in [0.1, 0.15) is 24.3 Å². The number of hydrogen-bond donors (Lipinski definition) is 1. The average Bonchev–Trinajstić information content (AvgIpc) is 2.28. The van der Waals surface area contributed by atoms with Crippen LogP contribution in [0, 0.1) is 0 Å². The molecule has 1 rings (SSSR count). The summed E-state index contributed by atoms with van der Waals surface area (Å²) in [5.41, 5.74) is 1.43. The first-order chi connectivity index (χ1) is 7.19. The molecule has 1 aromatic rings. The highest BCUT2D eigenvalue weighted by Crippen LogP contribution is 2.07. The Morgan fingerprint density at radius 2 is 2.20 bits per heavy atom. The Balaban J connectivity index is 2.75. The SMILES string of the molecule is CCNc1ccc(C(=O)N(C)CC)nc1. The number of amides is 1. The maximum absolute atomic E-state index is 11.7. The van der Waals surface area contributed by atoms with Gasteiger partial charge in [0.2, 0.25) is 0 Å². The van der Waals surface area contributed by atoms with Crippen molar-refractivity contribution in [2.45, 2.75) is 13.8 Å². The van der Waals surface area contributed by atoms with Gasteiger partial charge in [-0.3, -0.25) is 4.79 Å². The van der Waals surface area contributed by atoms with Crippen LogP contribution in [0.15, 0.2) is 18.3 Å². The van der Waals surface area contributed by atoms with E-state index in [0.717, 1.165) is 12.2 Å². The van der Waals surface area contributed by atoms with E-state index in [4.69, 9.17) is 0 Å². The van der Waals surface area contributed by atoms with E-state index in [1.165, 1.54) is 0 Å². The quantitative estimate of drug-likeness (QED) is 0.815. The zero-order valence-electron chi connectivity index (χ0n) is 9.45. The van der Waals surface area contributed by atoms with Crippen LogP contribution in [0.4, 0.5) is 5.69 Å². The second kappa shape index (κ2) is 5.34. The van der Waals surface area contributed by atoms with Crippen molar-refractivity contribution in [2.75, 3.05) is 25.5 Å². The molecule has 0 atom stereocenters. The minimum Gasteiger partial charge on any atom is -0.384 e. The number of rotatable bonds is 4. The smallest absolute Gasteiger partial charge is 0.272 e. The third-order valence-electron chi connectivity index (χ3n) is 2.18. The highest BCUT2D eigenvalue weighted by atomic mass is 16.2. The Labute approximate surface area is 90.3 Å². The van der Waals surface area contributed by atoms with Gasteiger partial charge >= 0.3 is 0 Å². The minimum absolute atomic E-state index is 0.0412. The molecule has 0 aliphatic carbocycles. The van der Waals surface area contributed by atoms with Crippen molar-refractivity contribution in [1.29, 1.82) is 0 Å². The van der Waals surface area contributed by atoms with Crippen molar-refractivity contribution in [1.82, 2.24) is 9.88 Å². The van der Waals surface area contributed by atoms with Gasteiger partial charge in [0.05, 0.1) is 11.9 Å². The number of anilines is 1. The molecule has 1 heterocycles. The van der Waals surface area contributed by atoms with Crippen molar-refractivity contribution in [2.24, 2.45) is 0 Å². The molecule has 1 aromatic heterocycles. The maximum Gasteiger partial charge on any atom is 0.272 e. The van der Waals surface area contributed by atoms with E-state index < -0.39 is 0 Å². The molecule has 0 aliphatic rings. The van der Waals surface area contributed by atoms with Gasteiger partial charge in [0.15, 0.2) is 0 Å². The summed E-state index contributed by atoms with van der Waals surface area (Å²) in [5.74, 6) is -0.0412. The van der Waals surface area contributed by atoms with E-state index in [1.54, 1.807) is 24.2 Å². The molecule has 82 valence electrons. The molecular formula is C11H17N3O. The van der Waals surface area contributed by atoms with Crippen LogP contribution >= 0.6 is 0 Å². The number of nitrogens with one attached hydrogen (secondary N) is 1. The second-order valence-corrected chi connectivity index (χ2v) is 3.28.